The monoisotopic (exact) mass is 277 g/mol. The Kier molecular flexibility index (Phi) is 5.01. The number of hydrogen-bond donors (Lipinski definition) is 2. The molecule has 0 aliphatic carbocycles. The topological polar surface area (TPSA) is 60.8 Å². The molecule has 1 aromatic carbocycles. The first-order valence-electron chi connectivity index (χ1n) is 7.36. The number of phenolic OH excluding ortho intramolecular Hbond substituents is 1. The number of rotatable bonds is 3. The van der Waals surface area contributed by atoms with Crippen LogP contribution >= 0.6 is 0 Å². The van der Waals surface area contributed by atoms with E-state index in [1.807, 2.05) is 4.90 Å². The fourth-order valence-corrected chi connectivity index (χ4v) is 2.89. The van der Waals surface area contributed by atoms with Crippen LogP contribution < -0.4 is 0 Å². The molecule has 1 heterocycles. The molecule has 1 saturated heterocycles. The number of nitrogens with zero attached hydrogens (tertiary/aromatic N) is 1. The number of aliphatic hydroxyl groups is 1. The summed E-state index contributed by atoms with van der Waals surface area (Å²) in [6.07, 6.45) is 4.28. The number of benzene rings is 1. The zero-order valence-corrected chi connectivity index (χ0v) is 12.0. The van der Waals surface area contributed by atoms with Crippen molar-refractivity contribution in [3.05, 3.63) is 29.8 Å². The van der Waals surface area contributed by atoms with Gasteiger partial charge < -0.3 is 15.1 Å². The summed E-state index contributed by atoms with van der Waals surface area (Å²) in [6.45, 7) is 2.46. The predicted molar refractivity (Wildman–Crippen MR) is 77.7 cm³/mol. The Morgan fingerprint density at radius 3 is 2.80 bits per heavy atom. The minimum Gasteiger partial charge on any atom is -0.507 e. The number of amides is 1. The lowest BCUT2D eigenvalue weighted by Gasteiger charge is -2.31. The fraction of sp³-hybridized carbons (Fsp3) is 0.562. The van der Waals surface area contributed by atoms with E-state index in [1.165, 1.54) is 6.07 Å². The van der Waals surface area contributed by atoms with Crippen LogP contribution in [-0.4, -0.2) is 39.7 Å². The number of likely N-dealkylation sites (tertiary alicyclic amines) is 1. The van der Waals surface area contributed by atoms with Gasteiger partial charge in [0.2, 0.25) is 0 Å². The van der Waals surface area contributed by atoms with Gasteiger partial charge in [-0.15, -0.1) is 0 Å². The summed E-state index contributed by atoms with van der Waals surface area (Å²) in [7, 11) is 0. The van der Waals surface area contributed by atoms with Crippen molar-refractivity contribution in [2.75, 3.05) is 6.54 Å². The number of carbonyl (C=O) groups is 1. The van der Waals surface area contributed by atoms with Crippen molar-refractivity contribution in [3.63, 3.8) is 0 Å². The predicted octanol–water partition coefficient (Wildman–Crippen LogP) is 2.55. The molecule has 1 aliphatic heterocycles. The summed E-state index contributed by atoms with van der Waals surface area (Å²) in [5.74, 6) is -0.104. The number of carbonyl (C=O) groups excluding carboxylic acids is 1. The van der Waals surface area contributed by atoms with E-state index in [-0.39, 0.29) is 17.7 Å². The molecule has 2 atom stereocenters. The molecule has 0 aromatic heterocycles. The molecule has 0 saturated carbocycles. The average Bonchev–Trinajstić information content (AvgIpc) is 2.63. The first kappa shape index (κ1) is 14.9. The van der Waals surface area contributed by atoms with Gasteiger partial charge in [0.1, 0.15) is 5.75 Å². The van der Waals surface area contributed by atoms with Crippen molar-refractivity contribution in [3.8, 4) is 5.75 Å². The van der Waals surface area contributed by atoms with E-state index in [0.717, 1.165) is 25.7 Å². The largest absolute Gasteiger partial charge is 0.507 e. The second-order valence-electron chi connectivity index (χ2n) is 5.60. The van der Waals surface area contributed by atoms with Crippen LogP contribution in [0.4, 0.5) is 0 Å². The molecule has 0 radical (unpaired) electrons. The van der Waals surface area contributed by atoms with Crippen molar-refractivity contribution in [1.82, 2.24) is 4.90 Å². The molecule has 0 bridgehead atoms. The number of aromatic hydroxyl groups is 1. The summed E-state index contributed by atoms with van der Waals surface area (Å²) in [6, 6.07) is 6.72. The van der Waals surface area contributed by atoms with E-state index in [2.05, 4.69) is 0 Å². The molecule has 4 nitrogen and oxygen atoms in total. The van der Waals surface area contributed by atoms with Crippen LogP contribution in [0.2, 0.25) is 0 Å². The molecule has 1 amide bonds. The molecule has 2 N–H and O–H groups in total. The minimum absolute atomic E-state index is 0.0255. The maximum absolute atomic E-state index is 12.6. The molecule has 2 unspecified atom stereocenters. The lowest BCUT2D eigenvalue weighted by atomic mass is 10.0. The lowest BCUT2D eigenvalue weighted by molar-refractivity contribution is 0.0604. The maximum atomic E-state index is 12.6. The van der Waals surface area contributed by atoms with Crippen LogP contribution in [0.5, 0.6) is 5.75 Å². The molecular weight excluding hydrogens is 254 g/mol. The second-order valence-corrected chi connectivity index (χ2v) is 5.60. The van der Waals surface area contributed by atoms with Crippen molar-refractivity contribution >= 4 is 5.91 Å². The molecule has 1 aliphatic rings. The van der Waals surface area contributed by atoms with Gasteiger partial charge in [-0.3, -0.25) is 4.79 Å². The van der Waals surface area contributed by atoms with Crippen LogP contribution in [0.3, 0.4) is 0 Å². The molecule has 20 heavy (non-hydrogen) atoms. The molecule has 4 heteroatoms. The molecule has 110 valence electrons. The quantitative estimate of drug-likeness (QED) is 0.892. The first-order chi connectivity index (χ1) is 9.59. The van der Waals surface area contributed by atoms with Crippen molar-refractivity contribution in [1.29, 1.82) is 0 Å². The highest BCUT2D eigenvalue weighted by atomic mass is 16.3. The van der Waals surface area contributed by atoms with Crippen LogP contribution in [-0.2, 0) is 0 Å². The van der Waals surface area contributed by atoms with Gasteiger partial charge in [-0.05, 0) is 38.3 Å². The molecule has 0 spiro atoms. The summed E-state index contributed by atoms with van der Waals surface area (Å²) < 4.78 is 0. The van der Waals surface area contributed by atoms with Gasteiger partial charge in [-0.25, -0.2) is 0 Å². The average molecular weight is 277 g/mol. The Morgan fingerprint density at radius 1 is 1.35 bits per heavy atom. The Balaban J connectivity index is 2.21. The number of phenols is 1. The number of hydrogen-bond acceptors (Lipinski definition) is 3. The van der Waals surface area contributed by atoms with E-state index in [0.29, 0.717) is 18.5 Å². The number of aliphatic hydroxyl groups excluding tert-OH is 1. The van der Waals surface area contributed by atoms with E-state index in [9.17, 15) is 15.0 Å². The zero-order chi connectivity index (χ0) is 14.5. The highest BCUT2D eigenvalue weighted by Gasteiger charge is 2.28. The van der Waals surface area contributed by atoms with Crippen molar-refractivity contribution < 1.29 is 15.0 Å². The highest BCUT2D eigenvalue weighted by Crippen LogP contribution is 2.25. The van der Waals surface area contributed by atoms with Crippen LogP contribution in [0.15, 0.2) is 24.3 Å². The third kappa shape index (κ3) is 3.51. The summed E-state index contributed by atoms with van der Waals surface area (Å²) in [5, 5.41) is 19.5. The maximum Gasteiger partial charge on any atom is 0.257 e. The van der Waals surface area contributed by atoms with E-state index < -0.39 is 6.10 Å². The standard InChI is InChI=1S/C16H23NO3/c1-12(18)11-13-7-3-2-6-10-17(13)16(20)14-8-4-5-9-15(14)19/h4-5,8-9,12-13,18-19H,2-3,6-7,10-11H2,1H3. The van der Waals surface area contributed by atoms with Gasteiger partial charge in [0.05, 0.1) is 11.7 Å². The van der Waals surface area contributed by atoms with Crippen LogP contribution in [0, 0.1) is 0 Å². The molecular formula is C16H23NO3. The van der Waals surface area contributed by atoms with Crippen LogP contribution in [0.1, 0.15) is 49.4 Å². The van der Waals surface area contributed by atoms with Gasteiger partial charge in [-0.1, -0.05) is 25.0 Å². The Labute approximate surface area is 120 Å². The fourth-order valence-electron chi connectivity index (χ4n) is 2.89. The van der Waals surface area contributed by atoms with Crippen molar-refractivity contribution in [2.45, 2.75) is 51.2 Å². The number of para-hydroxylation sites is 1. The Bertz CT molecular complexity index is 459. The Morgan fingerprint density at radius 2 is 2.10 bits per heavy atom. The summed E-state index contributed by atoms with van der Waals surface area (Å²) in [4.78, 5) is 14.5. The summed E-state index contributed by atoms with van der Waals surface area (Å²) in [5.41, 5.74) is 0.352. The van der Waals surface area contributed by atoms with E-state index >= 15 is 0 Å². The molecule has 1 fully saturated rings. The van der Waals surface area contributed by atoms with Gasteiger partial charge >= 0.3 is 0 Å². The SMILES string of the molecule is CC(O)CC1CCCCCN1C(=O)c1ccccc1O. The van der Waals surface area contributed by atoms with Gasteiger partial charge in [-0.2, -0.15) is 0 Å². The second kappa shape index (κ2) is 6.75. The molecule has 2 rings (SSSR count). The van der Waals surface area contributed by atoms with Crippen molar-refractivity contribution in [2.24, 2.45) is 0 Å². The first-order valence-corrected chi connectivity index (χ1v) is 7.36. The van der Waals surface area contributed by atoms with E-state index in [4.69, 9.17) is 0 Å². The van der Waals surface area contributed by atoms with Gasteiger partial charge in [0, 0.05) is 12.6 Å². The summed E-state index contributed by atoms with van der Waals surface area (Å²) >= 11 is 0. The van der Waals surface area contributed by atoms with Crippen LogP contribution in [0.25, 0.3) is 0 Å². The lowest BCUT2D eigenvalue weighted by Crippen LogP contribution is -2.41. The third-order valence-corrected chi connectivity index (χ3v) is 3.89. The normalized spacial score (nSPS) is 21.3. The third-order valence-electron chi connectivity index (χ3n) is 3.89. The zero-order valence-electron chi connectivity index (χ0n) is 12.0. The van der Waals surface area contributed by atoms with E-state index in [1.54, 1.807) is 25.1 Å². The molecule has 1 aromatic rings. The van der Waals surface area contributed by atoms with Gasteiger partial charge in [0.25, 0.3) is 5.91 Å². The minimum atomic E-state index is -0.419. The Hall–Kier alpha value is -1.55. The smallest absolute Gasteiger partial charge is 0.257 e. The highest BCUT2D eigenvalue weighted by molar-refractivity contribution is 5.97. The van der Waals surface area contributed by atoms with Gasteiger partial charge in [0.15, 0.2) is 0 Å².